The quantitative estimate of drug-likeness (QED) is 0.189. The third kappa shape index (κ3) is 5.67. The summed E-state index contributed by atoms with van der Waals surface area (Å²) in [5, 5.41) is 1.45. The van der Waals surface area contributed by atoms with Gasteiger partial charge < -0.3 is 20.6 Å². The van der Waals surface area contributed by atoms with Gasteiger partial charge in [-0.05, 0) is 58.7 Å². The van der Waals surface area contributed by atoms with Crippen molar-refractivity contribution < 1.29 is 0 Å². The highest BCUT2D eigenvalue weighted by Gasteiger charge is 2.18. The fraction of sp³-hybridized carbons (Fsp3) is 0.162. The van der Waals surface area contributed by atoms with Gasteiger partial charge in [-0.2, -0.15) is 0 Å². The van der Waals surface area contributed by atoms with Crippen LogP contribution in [0.4, 0.5) is 0 Å². The van der Waals surface area contributed by atoms with Crippen molar-refractivity contribution in [3.8, 4) is 33.6 Å². The van der Waals surface area contributed by atoms with Crippen molar-refractivity contribution in [2.75, 3.05) is 0 Å². The highest BCUT2D eigenvalue weighted by atomic mass is 35.5. The van der Waals surface area contributed by atoms with Gasteiger partial charge in [-0.3, -0.25) is 4.98 Å². The number of imidazole rings is 2. The summed E-state index contributed by atoms with van der Waals surface area (Å²) in [5.41, 5.74) is 23.4. The summed E-state index contributed by atoms with van der Waals surface area (Å²) in [6.45, 7) is 2.98. The third-order valence-electron chi connectivity index (χ3n) is 8.35. The Morgan fingerprint density at radius 1 is 0.630 bits per heavy atom. The molecule has 0 fully saturated rings. The van der Waals surface area contributed by atoms with Crippen LogP contribution >= 0.6 is 23.2 Å². The summed E-state index contributed by atoms with van der Waals surface area (Å²) in [6.07, 6.45) is 4.47. The minimum Gasteiger partial charge on any atom is -0.331 e. The Balaban J connectivity index is 0.000000164. The molecule has 0 aliphatic rings. The maximum atomic E-state index is 6.41. The number of benzene rings is 4. The zero-order valence-electron chi connectivity index (χ0n) is 26.0. The first-order valence-corrected chi connectivity index (χ1v) is 15.9. The van der Waals surface area contributed by atoms with E-state index in [1.165, 1.54) is 0 Å². The second-order valence-corrected chi connectivity index (χ2v) is 11.8. The summed E-state index contributed by atoms with van der Waals surface area (Å²) in [7, 11) is 4.05. The maximum absolute atomic E-state index is 6.41. The van der Waals surface area contributed by atoms with Crippen molar-refractivity contribution >= 4 is 45.3 Å². The SMILES string of the molecule is CCc1nc2ccc(-c3ccccc3Cl)c(CN)c2n1C.Cn1c(-c2cccnc2)nc2ccc(-c3ccccc3Cl)c(CN)c21. The molecule has 3 heterocycles. The van der Waals surface area contributed by atoms with Crippen LogP contribution in [0.1, 0.15) is 23.9 Å². The molecule has 9 heteroatoms. The molecule has 0 saturated heterocycles. The number of fused-ring (bicyclic) bond motifs is 2. The summed E-state index contributed by atoms with van der Waals surface area (Å²) < 4.78 is 4.22. The van der Waals surface area contributed by atoms with Gasteiger partial charge in [0.25, 0.3) is 0 Å². The van der Waals surface area contributed by atoms with Gasteiger partial charge in [-0.25, -0.2) is 9.97 Å². The van der Waals surface area contributed by atoms with Crippen molar-refractivity contribution in [1.29, 1.82) is 0 Å². The smallest absolute Gasteiger partial charge is 0.142 e. The Kier molecular flexibility index (Phi) is 9.20. The highest BCUT2D eigenvalue weighted by Crippen LogP contribution is 2.36. The van der Waals surface area contributed by atoms with Crippen LogP contribution in [-0.2, 0) is 33.6 Å². The molecule has 3 aromatic heterocycles. The average Bonchev–Trinajstić information content (AvgIpc) is 3.61. The zero-order valence-corrected chi connectivity index (χ0v) is 27.5. The molecule has 7 rings (SSSR count). The van der Waals surface area contributed by atoms with Crippen LogP contribution in [0.3, 0.4) is 0 Å². The molecule has 0 saturated carbocycles. The van der Waals surface area contributed by atoms with Crippen LogP contribution in [0, 0.1) is 0 Å². The van der Waals surface area contributed by atoms with Gasteiger partial charge in [0.1, 0.15) is 11.6 Å². The highest BCUT2D eigenvalue weighted by molar-refractivity contribution is 6.33. The Labute approximate surface area is 278 Å². The van der Waals surface area contributed by atoms with Gasteiger partial charge >= 0.3 is 0 Å². The molecule has 232 valence electrons. The first-order valence-electron chi connectivity index (χ1n) is 15.1. The lowest BCUT2D eigenvalue weighted by atomic mass is 9.98. The van der Waals surface area contributed by atoms with E-state index in [9.17, 15) is 0 Å². The lowest BCUT2D eigenvalue weighted by Gasteiger charge is -2.12. The van der Waals surface area contributed by atoms with E-state index < -0.39 is 0 Å². The molecule has 0 amide bonds. The maximum Gasteiger partial charge on any atom is 0.142 e. The number of nitrogens with two attached hydrogens (primary N) is 2. The van der Waals surface area contributed by atoms with Gasteiger partial charge in [0.15, 0.2) is 0 Å². The number of aromatic nitrogens is 5. The van der Waals surface area contributed by atoms with E-state index in [0.717, 1.165) is 84.1 Å². The Morgan fingerprint density at radius 3 is 1.67 bits per heavy atom. The topological polar surface area (TPSA) is 101 Å². The van der Waals surface area contributed by atoms with Gasteiger partial charge in [0.05, 0.1) is 22.1 Å². The molecule has 0 aliphatic carbocycles. The lowest BCUT2D eigenvalue weighted by Crippen LogP contribution is -2.04. The Hall–Kier alpha value is -4.53. The molecule has 0 unspecified atom stereocenters. The van der Waals surface area contributed by atoms with Crippen molar-refractivity contribution in [3.05, 3.63) is 124 Å². The van der Waals surface area contributed by atoms with Crippen molar-refractivity contribution in [2.24, 2.45) is 25.6 Å². The minimum absolute atomic E-state index is 0.407. The van der Waals surface area contributed by atoms with E-state index >= 15 is 0 Å². The molecule has 0 bridgehead atoms. The zero-order chi connectivity index (χ0) is 32.4. The van der Waals surface area contributed by atoms with Crippen molar-refractivity contribution in [1.82, 2.24) is 24.1 Å². The molecule has 0 spiro atoms. The van der Waals surface area contributed by atoms with Crippen LogP contribution in [0.5, 0.6) is 0 Å². The predicted octanol–water partition coefficient (Wildman–Crippen LogP) is 8.33. The standard InChI is InChI=1S/C20H17ClN4.C17H18ClN3/c1-25-19-16(11-22)14(15-6-2-3-7-17(15)21)8-9-18(19)24-20(25)13-5-4-10-23-12-13;1-3-16-20-15-9-8-11(12-6-4-5-7-14(12)18)13(10-19)17(15)21(16)2/h2-10,12H,11,22H2,1H3;4-9H,3,10,19H2,1-2H3. The number of aryl methyl sites for hydroxylation is 3. The molecule has 0 radical (unpaired) electrons. The molecule has 4 N–H and O–H groups in total. The Morgan fingerprint density at radius 2 is 1.17 bits per heavy atom. The summed E-state index contributed by atoms with van der Waals surface area (Å²) in [6, 6.07) is 27.8. The third-order valence-corrected chi connectivity index (χ3v) is 9.01. The first kappa shape index (κ1) is 31.5. The Bertz CT molecular complexity index is 2170. The number of hydrogen-bond acceptors (Lipinski definition) is 5. The van der Waals surface area contributed by atoms with E-state index in [4.69, 9.17) is 39.7 Å². The minimum atomic E-state index is 0.407. The van der Waals surface area contributed by atoms with Crippen molar-refractivity contribution in [2.45, 2.75) is 26.4 Å². The normalized spacial score (nSPS) is 11.2. The number of halogens is 2. The summed E-state index contributed by atoms with van der Waals surface area (Å²) in [5.74, 6) is 1.94. The number of hydrogen-bond donors (Lipinski definition) is 2. The lowest BCUT2D eigenvalue weighted by molar-refractivity contribution is 0.824. The van der Waals surface area contributed by atoms with Crippen LogP contribution in [-0.4, -0.2) is 24.1 Å². The van der Waals surface area contributed by atoms with E-state index in [0.29, 0.717) is 18.1 Å². The summed E-state index contributed by atoms with van der Waals surface area (Å²) >= 11 is 12.8. The molecule has 0 atom stereocenters. The van der Waals surface area contributed by atoms with E-state index in [2.05, 4.69) is 32.1 Å². The fourth-order valence-corrected chi connectivity index (χ4v) is 6.64. The largest absolute Gasteiger partial charge is 0.331 e. The van der Waals surface area contributed by atoms with E-state index in [-0.39, 0.29) is 0 Å². The molecule has 0 aliphatic heterocycles. The molecule has 7 aromatic rings. The van der Waals surface area contributed by atoms with Crippen molar-refractivity contribution in [3.63, 3.8) is 0 Å². The molecular formula is C37H35Cl2N7. The fourth-order valence-electron chi connectivity index (χ4n) is 6.16. The molecule has 4 aromatic carbocycles. The second kappa shape index (κ2) is 13.4. The van der Waals surface area contributed by atoms with Gasteiger partial charge in [0, 0.05) is 72.7 Å². The van der Waals surface area contributed by atoms with Gasteiger partial charge in [-0.15, -0.1) is 0 Å². The predicted molar refractivity (Wildman–Crippen MR) is 191 cm³/mol. The van der Waals surface area contributed by atoms with Crippen LogP contribution in [0.15, 0.2) is 97.3 Å². The van der Waals surface area contributed by atoms with Crippen LogP contribution in [0.25, 0.3) is 55.7 Å². The average molecular weight is 649 g/mol. The number of rotatable bonds is 6. The van der Waals surface area contributed by atoms with E-state index in [1.807, 2.05) is 99.2 Å². The van der Waals surface area contributed by atoms with Gasteiger partial charge in [0.2, 0.25) is 0 Å². The molecule has 7 nitrogen and oxygen atoms in total. The molecule has 46 heavy (non-hydrogen) atoms. The molecular weight excluding hydrogens is 613 g/mol. The van der Waals surface area contributed by atoms with Crippen LogP contribution in [0.2, 0.25) is 10.0 Å². The number of nitrogens with zero attached hydrogens (tertiary/aromatic N) is 5. The van der Waals surface area contributed by atoms with Gasteiger partial charge in [-0.1, -0.05) is 78.7 Å². The first-order chi connectivity index (χ1) is 22.4. The monoisotopic (exact) mass is 647 g/mol. The second-order valence-electron chi connectivity index (χ2n) is 11.0. The summed E-state index contributed by atoms with van der Waals surface area (Å²) in [4.78, 5) is 13.6. The van der Waals surface area contributed by atoms with E-state index in [1.54, 1.807) is 6.20 Å². The number of pyridine rings is 1. The van der Waals surface area contributed by atoms with Crippen LogP contribution < -0.4 is 11.5 Å².